The second-order valence-electron chi connectivity index (χ2n) is 9.85. The fourth-order valence-electron chi connectivity index (χ4n) is 4.52. The van der Waals surface area contributed by atoms with E-state index in [-0.39, 0.29) is 19.3 Å². The molecule has 2 heterocycles. The lowest BCUT2D eigenvalue weighted by atomic mass is 10.0. The van der Waals surface area contributed by atoms with Crippen molar-refractivity contribution in [2.75, 3.05) is 6.61 Å². The predicted molar refractivity (Wildman–Crippen MR) is 153 cm³/mol. The Balaban J connectivity index is 1.55. The highest BCUT2D eigenvalue weighted by molar-refractivity contribution is 5.95. The number of hydrogen-bond acceptors (Lipinski definition) is 7. The molecule has 0 aliphatic rings. The number of amides is 3. The number of aliphatic hydroxyl groups excluding tert-OH is 1. The van der Waals surface area contributed by atoms with Gasteiger partial charge in [-0.2, -0.15) is 0 Å². The first-order valence-corrected chi connectivity index (χ1v) is 13.3. The summed E-state index contributed by atoms with van der Waals surface area (Å²) in [6, 6.07) is 11.7. The topological polar surface area (TPSA) is 215 Å². The first kappa shape index (κ1) is 30.0. The van der Waals surface area contributed by atoms with Crippen LogP contribution in [0.4, 0.5) is 0 Å². The number of rotatable bonds is 14. The zero-order valence-electron chi connectivity index (χ0n) is 22.6. The Hall–Kier alpha value is -5.01. The van der Waals surface area contributed by atoms with Crippen molar-refractivity contribution < 1.29 is 29.4 Å². The quantitative estimate of drug-likeness (QED) is 0.100. The van der Waals surface area contributed by atoms with Crippen LogP contribution in [0.2, 0.25) is 0 Å². The number of carbonyl (C=O) groups excluding carboxylic acids is 3. The highest BCUT2D eigenvalue weighted by Gasteiger charge is 2.31. The van der Waals surface area contributed by atoms with Crippen molar-refractivity contribution in [1.82, 2.24) is 30.9 Å². The molecule has 4 unspecified atom stereocenters. The summed E-state index contributed by atoms with van der Waals surface area (Å²) < 4.78 is 0. The van der Waals surface area contributed by atoms with E-state index in [2.05, 4.69) is 30.9 Å². The van der Waals surface area contributed by atoms with Gasteiger partial charge in [-0.25, -0.2) is 9.78 Å². The van der Waals surface area contributed by atoms with Crippen LogP contribution in [0.1, 0.15) is 16.8 Å². The number of nitrogens with two attached hydrogens (primary N) is 1. The van der Waals surface area contributed by atoms with E-state index in [1.807, 2.05) is 54.6 Å². The number of carbonyl (C=O) groups is 4. The van der Waals surface area contributed by atoms with E-state index < -0.39 is 54.5 Å². The van der Waals surface area contributed by atoms with Gasteiger partial charge >= 0.3 is 5.97 Å². The number of hydrogen-bond donors (Lipinski definition) is 8. The molecule has 0 saturated carbocycles. The standard InChI is InChI=1S/C29H33N7O6/c30-21(10-17-6-2-1-3-7-17)26(38)34-24(12-19-14-31-16-33-19)28(40)35-23(27(39)36-25(15-37)29(41)42)11-18-13-32-22-9-5-4-8-20(18)22/h1-9,13-14,16,21,23-25,32,37H,10-12,15,30H2,(H,31,33)(H,34,38)(H,35,40)(H,36,39)(H,41,42). The van der Waals surface area contributed by atoms with E-state index in [0.717, 1.165) is 16.5 Å². The Morgan fingerprint density at radius 2 is 1.45 bits per heavy atom. The second kappa shape index (κ2) is 14.1. The van der Waals surface area contributed by atoms with Crippen molar-refractivity contribution in [3.05, 3.63) is 90.1 Å². The number of aliphatic hydroxyl groups is 1. The van der Waals surface area contributed by atoms with Crippen molar-refractivity contribution >= 4 is 34.6 Å². The summed E-state index contributed by atoms with van der Waals surface area (Å²) in [6.45, 7) is -0.841. The highest BCUT2D eigenvalue weighted by Crippen LogP contribution is 2.19. The molecule has 4 aromatic rings. The van der Waals surface area contributed by atoms with E-state index in [4.69, 9.17) is 5.73 Å². The van der Waals surface area contributed by atoms with Gasteiger partial charge in [0.25, 0.3) is 0 Å². The third-order valence-corrected chi connectivity index (χ3v) is 6.78. The van der Waals surface area contributed by atoms with Gasteiger partial charge in [-0.05, 0) is 23.6 Å². The Labute approximate surface area is 240 Å². The average molecular weight is 576 g/mol. The molecule has 9 N–H and O–H groups in total. The molecular formula is C29H33N7O6. The van der Waals surface area contributed by atoms with Crippen LogP contribution < -0.4 is 21.7 Å². The molecule has 13 heteroatoms. The van der Waals surface area contributed by atoms with Gasteiger partial charge in [0.1, 0.15) is 18.1 Å². The van der Waals surface area contributed by atoms with Gasteiger partial charge in [-0.15, -0.1) is 0 Å². The van der Waals surface area contributed by atoms with Gasteiger partial charge in [-0.3, -0.25) is 14.4 Å². The summed E-state index contributed by atoms with van der Waals surface area (Å²) in [4.78, 5) is 61.4. The van der Waals surface area contributed by atoms with Crippen molar-refractivity contribution in [3.8, 4) is 0 Å². The van der Waals surface area contributed by atoms with E-state index in [9.17, 15) is 29.4 Å². The van der Waals surface area contributed by atoms with Gasteiger partial charge < -0.3 is 41.9 Å². The number of H-pyrrole nitrogens is 2. The van der Waals surface area contributed by atoms with Gasteiger partial charge in [0.2, 0.25) is 17.7 Å². The lowest BCUT2D eigenvalue weighted by Crippen LogP contribution is -2.58. The molecular weight excluding hydrogens is 542 g/mol. The van der Waals surface area contributed by atoms with Gasteiger partial charge in [0.05, 0.1) is 19.0 Å². The molecule has 2 aromatic carbocycles. The molecule has 0 fully saturated rings. The summed E-state index contributed by atoms with van der Waals surface area (Å²) in [5.74, 6) is -3.51. The number of aliphatic carboxylic acids is 1. The summed E-state index contributed by atoms with van der Waals surface area (Å²) in [5, 5.41) is 27.2. The van der Waals surface area contributed by atoms with Crippen LogP contribution in [-0.4, -0.2) is 79.6 Å². The Morgan fingerprint density at radius 3 is 2.12 bits per heavy atom. The first-order chi connectivity index (χ1) is 20.2. The molecule has 220 valence electrons. The smallest absolute Gasteiger partial charge is 0.328 e. The number of aromatic nitrogens is 3. The number of fused-ring (bicyclic) bond motifs is 1. The molecule has 42 heavy (non-hydrogen) atoms. The highest BCUT2D eigenvalue weighted by atomic mass is 16.4. The second-order valence-corrected chi connectivity index (χ2v) is 9.85. The average Bonchev–Trinajstić information content (AvgIpc) is 3.65. The van der Waals surface area contributed by atoms with E-state index in [1.54, 1.807) is 6.20 Å². The maximum atomic E-state index is 13.6. The monoisotopic (exact) mass is 575 g/mol. The zero-order valence-corrected chi connectivity index (χ0v) is 22.6. The van der Waals surface area contributed by atoms with Crippen LogP contribution in [0.15, 0.2) is 73.3 Å². The molecule has 0 aliphatic carbocycles. The maximum Gasteiger partial charge on any atom is 0.328 e. The van der Waals surface area contributed by atoms with Gasteiger partial charge in [0.15, 0.2) is 0 Å². The molecule has 0 aliphatic heterocycles. The van der Waals surface area contributed by atoms with Gasteiger partial charge in [0, 0.05) is 41.8 Å². The van der Waals surface area contributed by atoms with Crippen LogP contribution in [-0.2, 0) is 38.4 Å². The SMILES string of the molecule is NC(Cc1ccccc1)C(=O)NC(Cc1cnc[nH]1)C(=O)NC(Cc1c[nH]c2ccccc12)C(=O)NC(CO)C(=O)O. The van der Waals surface area contributed by atoms with Crippen LogP contribution in [0.3, 0.4) is 0 Å². The largest absolute Gasteiger partial charge is 0.480 e. The lowest BCUT2D eigenvalue weighted by Gasteiger charge is -2.25. The van der Waals surface area contributed by atoms with Crippen molar-refractivity contribution in [3.63, 3.8) is 0 Å². The molecule has 3 amide bonds. The third-order valence-electron chi connectivity index (χ3n) is 6.78. The number of nitrogens with zero attached hydrogens (tertiary/aromatic N) is 1. The number of carboxylic acids is 1. The number of aromatic amines is 2. The minimum atomic E-state index is -1.57. The van der Waals surface area contributed by atoms with Crippen LogP contribution in [0, 0.1) is 0 Å². The Morgan fingerprint density at radius 1 is 0.810 bits per heavy atom. The summed E-state index contributed by atoms with van der Waals surface area (Å²) in [5.41, 5.74) is 9.06. The Kier molecular flexibility index (Phi) is 10.0. The normalized spacial score (nSPS) is 14.0. The van der Waals surface area contributed by atoms with Crippen LogP contribution >= 0.6 is 0 Å². The number of carboxylic acid groups (broad SMARTS) is 1. The summed E-state index contributed by atoms with van der Waals surface area (Å²) >= 11 is 0. The molecule has 0 spiro atoms. The predicted octanol–water partition coefficient (Wildman–Crippen LogP) is -0.222. The maximum absolute atomic E-state index is 13.6. The van der Waals surface area contributed by atoms with Crippen molar-refractivity contribution in [1.29, 1.82) is 0 Å². The molecule has 0 bridgehead atoms. The zero-order chi connectivity index (χ0) is 30.1. The molecule has 0 radical (unpaired) electrons. The number of benzene rings is 2. The summed E-state index contributed by atoms with van der Waals surface area (Å²) in [7, 11) is 0. The van der Waals surface area contributed by atoms with Crippen molar-refractivity contribution in [2.45, 2.75) is 43.4 Å². The first-order valence-electron chi connectivity index (χ1n) is 13.3. The third kappa shape index (κ3) is 7.80. The molecule has 13 nitrogen and oxygen atoms in total. The Bertz CT molecular complexity index is 1510. The minimum Gasteiger partial charge on any atom is -0.480 e. The fourth-order valence-corrected chi connectivity index (χ4v) is 4.52. The summed E-state index contributed by atoms with van der Waals surface area (Å²) in [6.07, 6.45) is 4.90. The van der Waals surface area contributed by atoms with E-state index in [0.29, 0.717) is 11.3 Å². The molecule has 2 aromatic heterocycles. The number of nitrogens with one attached hydrogen (secondary N) is 5. The van der Waals surface area contributed by atoms with E-state index >= 15 is 0 Å². The lowest BCUT2D eigenvalue weighted by molar-refractivity contribution is -0.143. The minimum absolute atomic E-state index is 0.00238. The van der Waals surface area contributed by atoms with Crippen LogP contribution in [0.25, 0.3) is 10.9 Å². The number of para-hydroxylation sites is 1. The van der Waals surface area contributed by atoms with Crippen LogP contribution in [0.5, 0.6) is 0 Å². The molecule has 0 saturated heterocycles. The van der Waals surface area contributed by atoms with E-state index in [1.165, 1.54) is 12.5 Å². The molecule has 4 rings (SSSR count). The van der Waals surface area contributed by atoms with Crippen molar-refractivity contribution in [2.24, 2.45) is 5.73 Å². The fraction of sp³-hybridized carbons (Fsp3) is 0.276. The van der Waals surface area contributed by atoms with Gasteiger partial charge in [-0.1, -0.05) is 48.5 Å². The number of imidazole rings is 1. The molecule has 4 atom stereocenters.